The van der Waals surface area contributed by atoms with Crippen molar-refractivity contribution in [2.24, 2.45) is 35.5 Å². The number of ether oxygens (including phenoxy) is 1. The van der Waals surface area contributed by atoms with Gasteiger partial charge >= 0.3 is 6.09 Å². The molecule has 3 fully saturated rings. The zero-order chi connectivity index (χ0) is 23.2. The summed E-state index contributed by atoms with van der Waals surface area (Å²) in [5.41, 5.74) is 2.15. The summed E-state index contributed by atoms with van der Waals surface area (Å²) < 4.78 is 5.72. The lowest BCUT2D eigenvalue weighted by Gasteiger charge is -2.41. The summed E-state index contributed by atoms with van der Waals surface area (Å²) in [6.07, 6.45) is 9.36. The maximum absolute atomic E-state index is 13.0. The van der Waals surface area contributed by atoms with Gasteiger partial charge in [0.05, 0.1) is 12.1 Å². The lowest BCUT2D eigenvalue weighted by molar-refractivity contribution is 0.0715. The molecule has 0 spiro atoms. The molecule has 1 aromatic carbocycles. The molecule has 4 unspecified atom stereocenters. The second-order valence-corrected chi connectivity index (χ2v) is 10.9. The van der Waals surface area contributed by atoms with Gasteiger partial charge in [0.1, 0.15) is 5.52 Å². The monoisotopic (exact) mass is 463 g/mol. The van der Waals surface area contributed by atoms with Gasteiger partial charge < -0.3 is 14.5 Å². The second-order valence-electron chi connectivity index (χ2n) is 10.9. The molecule has 0 radical (unpaired) electrons. The predicted molar refractivity (Wildman–Crippen MR) is 127 cm³/mol. The van der Waals surface area contributed by atoms with Crippen molar-refractivity contribution in [1.29, 1.82) is 0 Å². The fraction of sp³-hybridized carbons (Fsp3) is 0.615. The number of carbonyl (C=O) groups is 2. The van der Waals surface area contributed by atoms with E-state index in [9.17, 15) is 9.59 Å². The number of likely N-dealkylation sites (tertiary alicyclic amines) is 2. The zero-order valence-corrected chi connectivity index (χ0v) is 19.7. The van der Waals surface area contributed by atoms with E-state index in [1.807, 2.05) is 21.9 Å². The maximum Gasteiger partial charge on any atom is 0.409 e. The third-order valence-electron chi connectivity index (χ3n) is 8.73. The Hall–Kier alpha value is -2.90. The van der Waals surface area contributed by atoms with Crippen molar-refractivity contribution in [3.63, 3.8) is 0 Å². The van der Waals surface area contributed by atoms with E-state index in [0.29, 0.717) is 73.5 Å². The third-order valence-corrected chi connectivity index (χ3v) is 8.73. The molecule has 3 heterocycles. The number of allylic oxidation sites excluding steroid dienone is 2. The number of H-pyrrole nitrogens is 1. The third kappa shape index (κ3) is 3.97. The second kappa shape index (κ2) is 8.71. The topological polar surface area (TPSA) is 91.4 Å². The Kier molecular flexibility index (Phi) is 5.54. The molecule has 34 heavy (non-hydrogen) atoms. The Morgan fingerprint density at radius 3 is 2.74 bits per heavy atom. The van der Waals surface area contributed by atoms with Crippen LogP contribution in [0, 0.1) is 35.5 Å². The fourth-order valence-corrected chi connectivity index (χ4v) is 6.98. The first kappa shape index (κ1) is 21.6. The van der Waals surface area contributed by atoms with Gasteiger partial charge in [0, 0.05) is 43.6 Å². The zero-order valence-electron chi connectivity index (χ0n) is 19.7. The van der Waals surface area contributed by atoms with Crippen molar-refractivity contribution in [3.8, 4) is 0 Å². The van der Waals surface area contributed by atoms with Crippen molar-refractivity contribution >= 4 is 23.0 Å². The van der Waals surface area contributed by atoms with Crippen LogP contribution in [0.5, 0.6) is 0 Å². The van der Waals surface area contributed by atoms with E-state index >= 15 is 0 Å². The summed E-state index contributed by atoms with van der Waals surface area (Å²) in [6.45, 7) is 5.57. The average molecular weight is 464 g/mol. The largest absolute Gasteiger partial charge is 0.449 e. The highest BCUT2D eigenvalue weighted by Gasteiger charge is 2.44. The first-order valence-corrected chi connectivity index (χ1v) is 12.7. The van der Waals surface area contributed by atoms with Gasteiger partial charge in [0.15, 0.2) is 0 Å². The van der Waals surface area contributed by atoms with Gasteiger partial charge in [-0.2, -0.15) is 0 Å². The highest BCUT2D eigenvalue weighted by molar-refractivity contribution is 5.97. The Morgan fingerprint density at radius 2 is 1.91 bits per heavy atom. The predicted octanol–water partition coefficient (Wildman–Crippen LogP) is 3.73. The molecule has 1 N–H and O–H groups in total. The quantitative estimate of drug-likeness (QED) is 0.698. The van der Waals surface area contributed by atoms with E-state index in [1.165, 1.54) is 19.3 Å². The molecule has 2 aliphatic carbocycles. The van der Waals surface area contributed by atoms with Gasteiger partial charge in [0.25, 0.3) is 5.91 Å². The van der Waals surface area contributed by atoms with E-state index in [1.54, 1.807) is 6.07 Å². The molecule has 2 amide bonds. The SMILES string of the molecule is CC1CC2CC=CC(C2)C1CCOC(=O)N1C[C@@H]2CN(C(=O)c3ccc4[nH]nnc4c3)C[C@@H]2C1. The minimum atomic E-state index is -0.190. The number of rotatable bonds is 4. The lowest BCUT2D eigenvalue weighted by Crippen LogP contribution is -2.36. The molecular weight excluding hydrogens is 430 g/mol. The Morgan fingerprint density at radius 1 is 1.12 bits per heavy atom. The average Bonchev–Trinajstić information content (AvgIpc) is 3.55. The molecule has 180 valence electrons. The number of hydrogen-bond acceptors (Lipinski definition) is 5. The molecule has 2 bridgehead atoms. The summed E-state index contributed by atoms with van der Waals surface area (Å²) in [5, 5.41) is 10.6. The van der Waals surface area contributed by atoms with E-state index < -0.39 is 0 Å². The van der Waals surface area contributed by atoms with Crippen LogP contribution in [0.2, 0.25) is 0 Å². The number of amides is 2. The minimum Gasteiger partial charge on any atom is -0.449 e. The summed E-state index contributed by atoms with van der Waals surface area (Å²) in [6, 6.07) is 5.45. The van der Waals surface area contributed by atoms with E-state index in [0.717, 1.165) is 17.9 Å². The number of aromatic nitrogens is 3. The van der Waals surface area contributed by atoms with Crippen LogP contribution in [0.25, 0.3) is 11.0 Å². The lowest BCUT2D eigenvalue weighted by atomic mass is 9.64. The van der Waals surface area contributed by atoms with Crippen LogP contribution in [0.3, 0.4) is 0 Å². The van der Waals surface area contributed by atoms with Crippen LogP contribution >= 0.6 is 0 Å². The molecule has 2 aliphatic heterocycles. The number of fused-ring (bicyclic) bond motifs is 4. The first-order valence-electron chi connectivity index (χ1n) is 12.7. The standard InChI is InChI=1S/C26H33N5O3/c1-16-9-17-3-2-4-18(10-17)22(16)7-8-34-26(33)31-14-20-12-30(13-21(20)15-31)25(32)19-5-6-23-24(11-19)28-29-27-23/h2,4-6,11,16-18,20-22H,3,7-10,12-15H2,1H3,(H,27,28,29)/t16?,17?,18?,20-,21+,22?. The normalized spacial score (nSPS) is 32.3. The van der Waals surface area contributed by atoms with E-state index in [2.05, 4.69) is 34.5 Å². The molecule has 8 nitrogen and oxygen atoms in total. The van der Waals surface area contributed by atoms with Crippen LogP contribution in [-0.4, -0.2) is 70.0 Å². The summed E-state index contributed by atoms with van der Waals surface area (Å²) in [5.74, 6) is 3.48. The number of nitrogens with zero attached hydrogens (tertiary/aromatic N) is 4. The van der Waals surface area contributed by atoms with Crippen molar-refractivity contribution < 1.29 is 14.3 Å². The van der Waals surface area contributed by atoms with Gasteiger partial charge in [-0.15, -0.1) is 5.10 Å². The molecule has 8 heteroatoms. The van der Waals surface area contributed by atoms with Crippen LogP contribution < -0.4 is 0 Å². The highest BCUT2D eigenvalue weighted by Crippen LogP contribution is 2.44. The maximum atomic E-state index is 13.0. The van der Waals surface area contributed by atoms with Crippen molar-refractivity contribution in [2.45, 2.75) is 32.6 Å². The number of benzene rings is 1. The summed E-state index contributed by atoms with van der Waals surface area (Å²) >= 11 is 0. The molecule has 4 aliphatic rings. The molecule has 2 saturated heterocycles. The molecule has 2 aromatic rings. The number of hydrogen-bond donors (Lipinski definition) is 1. The summed E-state index contributed by atoms with van der Waals surface area (Å²) in [7, 11) is 0. The minimum absolute atomic E-state index is 0.0222. The van der Waals surface area contributed by atoms with Crippen molar-refractivity contribution in [2.75, 3.05) is 32.8 Å². The van der Waals surface area contributed by atoms with Crippen LogP contribution in [0.15, 0.2) is 30.4 Å². The van der Waals surface area contributed by atoms with Crippen molar-refractivity contribution in [1.82, 2.24) is 25.2 Å². The van der Waals surface area contributed by atoms with Crippen LogP contribution in [0.4, 0.5) is 4.79 Å². The Balaban J connectivity index is 0.987. The number of nitrogens with one attached hydrogen (secondary N) is 1. The smallest absolute Gasteiger partial charge is 0.409 e. The van der Waals surface area contributed by atoms with Gasteiger partial charge in [-0.3, -0.25) is 9.89 Å². The molecule has 1 aromatic heterocycles. The number of carbonyl (C=O) groups excluding carboxylic acids is 2. The van der Waals surface area contributed by atoms with Gasteiger partial charge in [0.2, 0.25) is 0 Å². The molecule has 1 saturated carbocycles. The highest BCUT2D eigenvalue weighted by atomic mass is 16.6. The van der Waals surface area contributed by atoms with Gasteiger partial charge in [-0.1, -0.05) is 24.3 Å². The molecule has 6 atom stereocenters. The number of aromatic amines is 1. The van der Waals surface area contributed by atoms with E-state index in [-0.39, 0.29) is 12.0 Å². The first-order chi connectivity index (χ1) is 16.5. The van der Waals surface area contributed by atoms with E-state index in [4.69, 9.17) is 4.74 Å². The molecular formula is C26H33N5O3. The Labute approximate surface area is 199 Å². The van der Waals surface area contributed by atoms with Crippen LogP contribution in [0.1, 0.15) is 43.0 Å². The molecule has 6 rings (SSSR count). The van der Waals surface area contributed by atoms with Crippen molar-refractivity contribution in [3.05, 3.63) is 35.9 Å². The van der Waals surface area contributed by atoms with Crippen LogP contribution in [-0.2, 0) is 4.74 Å². The van der Waals surface area contributed by atoms with Gasteiger partial charge in [-0.05, 0) is 67.6 Å². The Bertz CT molecular complexity index is 1100. The summed E-state index contributed by atoms with van der Waals surface area (Å²) in [4.78, 5) is 29.5. The van der Waals surface area contributed by atoms with Gasteiger partial charge in [-0.25, -0.2) is 4.79 Å². The fourth-order valence-electron chi connectivity index (χ4n) is 6.98.